The van der Waals surface area contributed by atoms with Crippen molar-refractivity contribution >= 4 is 45.4 Å². The first-order valence-corrected chi connectivity index (χ1v) is 9.10. The number of hydrogen-bond acceptors (Lipinski definition) is 5. The van der Waals surface area contributed by atoms with E-state index >= 15 is 0 Å². The van der Waals surface area contributed by atoms with Crippen molar-refractivity contribution in [3.05, 3.63) is 64.4 Å². The average Bonchev–Trinajstić information content (AvgIpc) is 3.04. The van der Waals surface area contributed by atoms with Crippen LogP contribution < -0.4 is 10.6 Å². The van der Waals surface area contributed by atoms with Crippen LogP contribution in [0.15, 0.2) is 48.0 Å². The number of nitrogens with one attached hydrogen (secondary N) is 2. The van der Waals surface area contributed by atoms with Gasteiger partial charge in [-0.3, -0.25) is 4.79 Å². The molecule has 1 aromatic carbocycles. The fourth-order valence-electron chi connectivity index (χ4n) is 2.23. The minimum Gasteiger partial charge on any atom is -0.332 e. The molecule has 0 radical (unpaired) electrons. The molecule has 7 heteroatoms. The average molecular weight is 373 g/mol. The molecule has 0 unspecified atom stereocenters. The number of benzene rings is 1. The molecule has 128 valence electrons. The maximum Gasteiger partial charge on any atom is 0.230 e. The van der Waals surface area contributed by atoms with Crippen LogP contribution in [-0.4, -0.2) is 15.9 Å². The molecule has 3 aromatic rings. The molecule has 0 aliphatic rings. The molecule has 2 aromatic heterocycles. The summed E-state index contributed by atoms with van der Waals surface area (Å²) < 4.78 is 0. The van der Waals surface area contributed by atoms with Gasteiger partial charge in [0.2, 0.25) is 5.91 Å². The summed E-state index contributed by atoms with van der Waals surface area (Å²) in [4.78, 5) is 20.5. The number of anilines is 3. The number of pyridine rings is 1. The number of carbonyl (C=O) groups is 1. The van der Waals surface area contributed by atoms with E-state index in [1.54, 1.807) is 18.3 Å². The molecule has 0 aliphatic heterocycles. The van der Waals surface area contributed by atoms with Crippen molar-refractivity contribution in [2.75, 3.05) is 10.6 Å². The summed E-state index contributed by atoms with van der Waals surface area (Å²) in [7, 11) is 0. The third-order valence-electron chi connectivity index (χ3n) is 3.54. The highest BCUT2D eigenvalue weighted by atomic mass is 35.5. The molecule has 2 N–H and O–H groups in total. The van der Waals surface area contributed by atoms with Gasteiger partial charge < -0.3 is 10.6 Å². The van der Waals surface area contributed by atoms with Gasteiger partial charge in [-0.15, -0.1) is 11.3 Å². The largest absolute Gasteiger partial charge is 0.332 e. The Morgan fingerprint density at radius 1 is 1.24 bits per heavy atom. The first kappa shape index (κ1) is 17.4. The monoisotopic (exact) mass is 372 g/mol. The Bertz CT molecular complexity index is 864. The lowest BCUT2D eigenvalue weighted by Crippen LogP contribution is -2.15. The lowest BCUT2D eigenvalue weighted by Gasteiger charge is -2.05. The Morgan fingerprint density at radius 3 is 2.76 bits per heavy atom. The molecule has 5 nitrogen and oxygen atoms in total. The van der Waals surface area contributed by atoms with Crippen molar-refractivity contribution in [3.63, 3.8) is 0 Å². The van der Waals surface area contributed by atoms with Gasteiger partial charge in [0.25, 0.3) is 0 Å². The van der Waals surface area contributed by atoms with Crippen LogP contribution in [-0.2, 0) is 17.6 Å². The zero-order chi connectivity index (χ0) is 17.6. The van der Waals surface area contributed by atoms with E-state index in [1.165, 1.54) is 16.9 Å². The molecule has 0 atom stereocenters. The Morgan fingerprint density at radius 2 is 2.04 bits per heavy atom. The van der Waals surface area contributed by atoms with Gasteiger partial charge in [0.05, 0.1) is 17.8 Å². The Hall–Kier alpha value is -2.44. The molecule has 25 heavy (non-hydrogen) atoms. The maximum atomic E-state index is 12.1. The molecule has 0 aliphatic carbocycles. The van der Waals surface area contributed by atoms with Gasteiger partial charge in [0, 0.05) is 17.3 Å². The predicted molar refractivity (Wildman–Crippen MR) is 103 cm³/mol. The van der Waals surface area contributed by atoms with Crippen molar-refractivity contribution in [2.24, 2.45) is 0 Å². The number of halogens is 1. The van der Waals surface area contributed by atoms with Gasteiger partial charge in [-0.25, -0.2) is 9.97 Å². The van der Waals surface area contributed by atoms with Crippen LogP contribution in [0.4, 0.5) is 16.5 Å². The fourth-order valence-corrected chi connectivity index (χ4v) is 3.13. The van der Waals surface area contributed by atoms with Crippen molar-refractivity contribution in [2.45, 2.75) is 19.8 Å². The van der Waals surface area contributed by atoms with Crippen molar-refractivity contribution in [1.29, 1.82) is 0 Å². The molecular formula is C18H17ClN4OS. The van der Waals surface area contributed by atoms with Gasteiger partial charge >= 0.3 is 0 Å². The molecule has 0 saturated carbocycles. The zero-order valence-corrected chi connectivity index (χ0v) is 15.2. The van der Waals surface area contributed by atoms with E-state index in [9.17, 15) is 4.79 Å². The number of hydrogen-bond donors (Lipinski definition) is 2. The third-order valence-corrected chi connectivity index (χ3v) is 4.65. The molecular weight excluding hydrogens is 356 g/mol. The van der Waals surface area contributed by atoms with Gasteiger partial charge in [0.1, 0.15) is 0 Å². The Labute approximate surface area is 155 Å². The van der Waals surface area contributed by atoms with Crippen LogP contribution >= 0.6 is 22.9 Å². The number of amides is 1. The van der Waals surface area contributed by atoms with E-state index in [-0.39, 0.29) is 17.5 Å². The van der Waals surface area contributed by atoms with Crippen molar-refractivity contribution in [1.82, 2.24) is 9.97 Å². The summed E-state index contributed by atoms with van der Waals surface area (Å²) in [6.45, 7) is 2.12. The summed E-state index contributed by atoms with van der Waals surface area (Å²) >= 11 is 7.40. The highest BCUT2D eigenvalue weighted by Gasteiger charge is 2.10. The Balaban J connectivity index is 1.59. The highest BCUT2D eigenvalue weighted by Crippen LogP contribution is 2.22. The minimum atomic E-state index is -0.181. The first-order chi connectivity index (χ1) is 12.1. The number of rotatable bonds is 6. The summed E-state index contributed by atoms with van der Waals surface area (Å²) in [5.74, 6) is -0.181. The van der Waals surface area contributed by atoms with E-state index in [4.69, 9.17) is 11.6 Å². The molecule has 0 saturated heterocycles. The number of nitrogens with zero attached hydrogens (tertiary/aromatic N) is 2. The molecule has 3 rings (SSSR count). The lowest BCUT2D eigenvalue weighted by atomic mass is 10.1. The number of aryl methyl sites for hydroxylation is 1. The van der Waals surface area contributed by atoms with Gasteiger partial charge in [-0.05, 0) is 36.2 Å². The molecule has 0 fully saturated rings. The van der Waals surface area contributed by atoms with E-state index in [2.05, 4.69) is 39.7 Å². The van der Waals surface area contributed by atoms with Crippen LogP contribution in [0.5, 0.6) is 0 Å². The Kier molecular flexibility index (Phi) is 5.63. The van der Waals surface area contributed by atoms with Crippen LogP contribution in [0.25, 0.3) is 0 Å². The predicted octanol–water partition coefficient (Wildman–Crippen LogP) is 4.68. The quantitative estimate of drug-likeness (QED) is 0.616. The first-order valence-electron chi connectivity index (χ1n) is 7.85. The normalized spacial score (nSPS) is 10.5. The summed E-state index contributed by atoms with van der Waals surface area (Å²) in [5.41, 5.74) is 3.47. The van der Waals surface area contributed by atoms with Gasteiger partial charge in [-0.2, -0.15) is 0 Å². The third kappa shape index (κ3) is 4.78. The number of aromatic nitrogens is 2. The van der Waals surface area contributed by atoms with Gasteiger partial charge in [-0.1, -0.05) is 30.7 Å². The van der Waals surface area contributed by atoms with E-state index in [0.29, 0.717) is 11.4 Å². The number of thiazole rings is 1. The second kappa shape index (κ2) is 8.09. The van der Waals surface area contributed by atoms with E-state index in [0.717, 1.165) is 17.2 Å². The van der Waals surface area contributed by atoms with Crippen molar-refractivity contribution < 1.29 is 4.79 Å². The van der Waals surface area contributed by atoms with Crippen LogP contribution in [0.2, 0.25) is 5.15 Å². The molecule has 1 amide bonds. The zero-order valence-electron chi connectivity index (χ0n) is 13.6. The fraction of sp³-hybridized carbons (Fsp3) is 0.167. The van der Waals surface area contributed by atoms with Crippen LogP contribution in [0, 0.1) is 0 Å². The summed E-state index contributed by atoms with van der Waals surface area (Å²) in [5, 5.41) is 8.89. The SMILES string of the molecule is CCc1ccc(Nc2nc(CC(=O)Nc3cccnc3Cl)cs2)cc1. The van der Waals surface area contributed by atoms with Crippen LogP contribution in [0.3, 0.4) is 0 Å². The molecule has 2 heterocycles. The molecule has 0 spiro atoms. The minimum absolute atomic E-state index is 0.179. The second-order valence-electron chi connectivity index (χ2n) is 5.39. The topological polar surface area (TPSA) is 66.9 Å². The van der Waals surface area contributed by atoms with Gasteiger partial charge in [0.15, 0.2) is 10.3 Å². The number of carbonyl (C=O) groups excluding carboxylic acids is 1. The van der Waals surface area contributed by atoms with Crippen LogP contribution in [0.1, 0.15) is 18.2 Å². The standard InChI is InChI=1S/C18H17ClN4OS/c1-2-12-5-7-13(8-6-12)21-18-22-14(11-25-18)10-16(24)23-15-4-3-9-20-17(15)19/h3-9,11H,2,10H2,1H3,(H,21,22)(H,23,24). The maximum absolute atomic E-state index is 12.1. The lowest BCUT2D eigenvalue weighted by molar-refractivity contribution is -0.115. The van der Waals surface area contributed by atoms with E-state index < -0.39 is 0 Å². The summed E-state index contributed by atoms with van der Waals surface area (Å²) in [6.07, 6.45) is 2.76. The molecule has 0 bridgehead atoms. The summed E-state index contributed by atoms with van der Waals surface area (Å²) in [6, 6.07) is 11.6. The second-order valence-corrected chi connectivity index (χ2v) is 6.60. The van der Waals surface area contributed by atoms with E-state index in [1.807, 2.05) is 17.5 Å². The smallest absolute Gasteiger partial charge is 0.230 e. The highest BCUT2D eigenvalue weighted by molar-refractivity contribution is 7.13. The van der Waals surface area contributed by atoms with Crippen molar-refractivity contribution in [3.8, 4) is 0 Å².